The molecule has 1 aromatic rings. The lowest BCUT2D eigenvalue weighted by molar-refractivity contribution is 0.162. The molecule has 0 saturated carbocycles. The Hall–Kier alpha value is -1.28. The van der Waals surface area contributed by atoms with Crippen LogP contribution in [0.4, 0.5) is 0 Å². The Bertz CT molecular complexity index is 396. The highest BCUT2D eigenvalue weighted by atomic mass is 16.5. The Morgan fingerprint density at radius 2 is 2.29 bits per heavy atom. The highest BCUT2D eigenvalue weighted by Gasteiger charge is 2.14. The predicted octanol–water partition coefficient (Wildman–Crippen LogP) is 2.98. The van der Waals surface area contributed by atoms with Crippen molar-refractivity contribution in [3.8, 4) is 0 Å². The summed E-state index contributed by atoms with van der Waals surface area (Å²) >= 11 is 0. The average molecular weight is 232 g/mol. The van der Waals surface area contributed by atoms with Crippen LogP contribution in [0.1, 0.15) is 30.4 Å². The zero-order valence-corrected chi connectivity index (χ0v) is 10.4. The van der Waals surface area contributed by atoms with E-state index in [1.54, 1.807) is 6.26 Å². The van der Waals surface area contributed by atoms with Gasteiger partial charge in [-0.05, 0) is 43.7 Å². The van der Waals surface area contributed by atoms with E-state index in [1.165, 1.54) is 11.1 Å². The van der Waals surface area contributed by atoms with E-state index < -0.39 is 0 Å². The molecular weight excluding hydrogens is 212 g/mol. The molecule has 1 aliphatic rings. The quantitative estimate of drug-likeness (QED) is 0.864. The maximum atomic E-state index is 10.1. The van der Waals surface area contributed by atoms with Gasteiger partial charge in [-0.1, -0.05) is 29.8 Å². The van der Waals surface area contributed by atoms with Crippen molar-refractivity contribution >= 4 is 0 Å². The summed E-state index contributed by atoms with van der Waals surface area (Å²) < 4.78 is 5.25. The first kappa shape index (κ1) is 12.2. The second kappa shape index (κ2) is 5.87. The van der Waals surface area contributed by atoms with Crippen LogP contribution in [0.25, 0.3) is 0 Å². The van der Waals surface area contributed by atoms with Crippen LogP contribution in [0.5, 0.6) is 0 Å². The van der Waals surface area contributed by atoms with Crippen LogP contribution >= 0.6 is 0 Å². The zero-order chi connectivity index (χ0) is 12.1. The molecular formula is C15H20O2. The van der Waals surface area contributed by atoms with Gasteiger partial charge in [0.15, 0.2) is 0 Å². The van der Waals surface area contributed by atoms with E-state index in [-0.39, 0.29) is 6.10 Å². The Kier molecular flexibility index (Phi) is 4.21. The SMILES string of the molecule is Cc1cccc(CCC(O)C2=COCCC2)c1. The molecule has 0 fully saturated rings. The van der Waals surface area contributed by atoms with Crippen molar-refractivity contribution in [1.82, 2.24) is 0 Å². The van der Waals surface area contributed by atoms with Crippen LogP contribution in [-0.2, 0) is 11.2 Å². The van der Waals surface area contributed by atoms with Crippen LogP contribution in [0.15, 0.2) is 36.1 Å². The van der Waals surface area contributed by atoms with Gasteiger partial charge in [0.2, 0.25) is 0 Å². The van der Waals surface area contributed by atoms with Crippen molar-refractivity contribution in [3.63, 3.8) is 0 Å². The summed E-state index contributed by atoms with van der Waals surface area (Å²) in [6.07, 6.45) is 5.07. The van der Waals surface area contributed by atoms with E-state index >= 15 is 0 Å². The van der Waals surface area contributed by atoms with Gasteiger partial charge in [-0.25, -0.2) is 0 Å². The summed E-state index contributed by atoms with van der Waals surface area (Å²) in [4.78, 5) is 0. The minimum atomic E-state index is -0.351. The normalized spacial score (nSPS) is 17.2. The lowest BCUT2D eigenvalue weighted by Gasteiger charge is -2.18. The number of hydrogen-bond donors (Lipinski definition) is 1. The first-order valence-corrected chi connectivity index (χ1v) is 6.30. The second-order valence-electron chi connectivity index (χ2n) is 4.71. The van der Waals surface area contributed by atoms with Gasteiger partial charge in [-0.2, -0.15) is 0 Å². The standard InChI is InChI=1S/C15H20O2/c1-12-4-2-5-13(10-12)7-8-15(16)14-6-3-9-17-11-14/h2,4-5,10-11,15-16H,3,6-9H2,1H3. The summed E-state index contributed by atoms with van der Waals surface area (Å²) in [5.41, 5.74) is 3.61. The molecule has 2 rings (SSSR count). The first-order valence-electron chi connectivity index (χ1n) is 6.30. The second-order valence-corrected chi connectivity index (χ2v) is 4.71. The topological polar surface area (TPSA) is 29.5 Å². The maximum Gasteiger partial charge on any atom is 0.0876 e. The van der Waals surface area contributed by atoms with Crippen LogP contribution in [-0.4, -0.2) is 17.8 Å². The monoisotopic (exact) mass is 232 g/mol. The molecule has 0 saturated heterocycles. The molecule has 1 heterocycles. The van der Waals surface area contributed by atoms with Gasteiger partial charge in [0.25, 0.3) is 0 Å². The van der Waals surface area contributed by atoms with Gasteiger partial charge < -0.3 is 9.84 Å². The van der Waals surface area contributed by atoms with Gasteiger partial charge in [-0.3, -0.25) is 0 Å². The molecule has 1 aliphatic heterocycles. The van der Waals surface area contributed by atoms with Gasteiger partial charge in [0.1, 0.15) is 0 Å². The number of aryl methyl sites for hydroxylation is 2. The van der Waals surface area contributed by atoms with Crippen molar-refractivity contribution < 1.29 is 9.84 Å². The fraction of sp³-hybridized carbons (Fsp3) is 0.467. The summed E-state index contributed by atoms with van der Waals surface area (Å²) in [7, 11) is 0. The van der Waals surface area contributed by atoms with E-state index in [0.717, 1.165) is 37.9 Å². The number of rotatable bonds is 4. The number of ether oxygens (including phenoxy) is 1. The highest BCUT2D eigenvalue weighted by Crippen LogP contribution is 2.19. The largest absolute Gasteiger partial charge is 0.501 e. The van der Waals surface area contributed by atoms with Crippen molar-refractivity contribution in [2.75, 3.05) is 6.61 Å². The van der Waals surface area contributed by atoms with Gasteiger partial charge in [0.05, 0.1) is 19.0 Å². The van der Waals surface area contributed by atoms with E-state index in [9.17, 15) is 5.11 Å². The Morgan fingerprint density at radius 3 is 3.00 bits per heavy atom. The molecule has 0 radical (unpaired) electrons. The molecule has 1 unspecified atom stereocenters. The summed E-state index contributed by atoms with van der Waals surface area (Å²) in [6.45, 7) is 2.88. The third-order valence-electron chi connectivity index (χ3n) is 3.18. The van der Waals surface area contributed by atoms with E-state index in [4.69, 9.17) is 4.74 Å². The zero-order valence-electron chi connectivity index (χ0n) is 10.4. The average Bonchev–Trinajstić information content (AvgIpc) is 2.37. The number of aliphatic hydroxyl groups is 1. The minimum Gasteiger partial charge on any atom is -0.501 e. The number of hydrogen-bond acceptors (Lipinski definition) is 2. The maximum absolute atomic E-state index is 10.1. The Balaban J connectivity index is 1.87. The molecule has 0 bridgehead atoms. The number of benzene rings is 1. The molecule has 17 heavy (non-hydrogen) atoms. The molecule has 0 aliphatic carbocycles. The first-order chi connectivity index (χ1) is 8.25. The predicted molar refractivity (Wildman–Crippen MR) is 68.8 cm³/mol. The lowest BCUT2D eigenvalue weighted by atomic mass is 9.98. The van der Waals surface area contributed by atoms with Crippen LogP contribution in [0, 0.1) is 6.92 Å². The highest BCUT2D eigenvalue weighted by molar-refractivity contribution is 5.22. The van der Waals surface area contributed by atoms with Crippen molar-refractivity contribution in [2.45, 2.75) is 38.7 Å². The molecule has 1 atom stereocenters. The van der Waals surface area contributed by atoms with Crippen LogP contribution in [0.2, 0.25) is 0 Å². The van der Waals surface area contributed by atoms with Crippen molar-refractivity contribution in [1.29, 1.82) is 0 Å². The molecule has 0 spiro atoms. The lowest BCUT2D eigenvalue weighted by Crippen LogP contribution is -2.15. The summed E-state index contributed by atoms with van der Waals surface area (Å²) in [5, 5.41) is 10.1. The smallest absolute Gasteiger partial charge is 0.0876 e. The third kappa shape index (κ3) is 3.60. The summed E-state index contributed by atoms with van der Waals surface area (Å²) in [6, 6.07) is 8.46. The fourth-order valence-corrected chi connectivity index (χ4v) is 2.19. The molecule has 2 heteroatoms. The fourth-order valence-electron chi connectivity index (χ4n) is 2.19. The molecule has 92 valence electrons. The van der Waals surface area contributed by atoms with Crippen LogP contribution < -0.4 is 0 Å². The summed E-state index contributed by atoms with van der Waals surface area (Å²) in [5.74, 6) is 0. The molecule has 0 amide bonds. The van der Waals surface area contributed by atoms with E-state index in [0.29, 0.717) is 0 Å². The van der Waals surface area contributed by atoms with Crippen LogP contribution in [0.3, 0.4) is 0 Å². The van der Waals surface area contributed by atoms with E-state index in [2.05, 4.69) is 31.2 Å². The van der Waals surface area contributed by atoms with Crippen molar-refractivity contribution in [3.05, 3.63) is 47.2 Å². The molecule has 1 N–H and O–H groups in total. The molecule has 0 aromatic heterocycles. The van der Waals surface area contributed by atoms with E-state index in [1.807, 2.05) is 0 Å². The van der Waals surface area contributed by atoms with Gasteiger partial charge in [-0.15, -0.1) is 0 Å². The molecule has 2 nitrogen and oxygen atoms in total. The Labute approximate surface area is 103 Å². The minimum absolute atomic E-state index is 0.351. The molecule has 1 aromatic carbocycles. The number of aliphatic hydroxyl groups excluding tert-OH is 1. The van der Waals surface area contributed by atoms with Crippen molar-refractivity contribution in [2.24, 2.45) is 0 Å². The third-order valence-corrected chi connectivity index (χ3v) is 3.18. The Morgan fingerprint density at radius 1 is 1.41 bits per heavy atom. The van der Waals surface area contributed by atoms with Gasteiger partial charge >= 0.3 is 0 Å². The van der Waals surface area contributed by atoms with Gasteiger partial charge in [0, 0.05) is 0 Å².